The molecule has 7 heteroatoms. The van der Waals surface area contributed by atoms with Crippen LogP contribution in [0.4, 0.5) is 0 Å². The number of hydrogen-bond donors (Lipinski definition) is 2. The Morgan fingerprint density at radius 3 is 2.74 bits per heavy atom. The smallest absolute Gasteiger partial charge is 0.317 e. The van der Waals surface area contributed by atoms with Crippen LogP contribution < -0.4 is 5.32 Å². The van der Waals surface area contributed by atoms with Gasteiger partial charge in [0.25, 0.3) is 0 Å². The number of likely N-dealkylation sites (N-methyl/N-ethyl adjacent to an activating group) is 1. The number of carbonyl (C=O) groups is 2. The predicted octanol–water partition coefficient (Wildman–Crippen LogP) is 0.624. The fourth-order valence-corrected chi connectivity index (χ4v) is 3.10. The van der Waals surface area contributed by atoms with Crippen LogP contribution in [0.15, 0.2) is 0 Å². The third kappa shape index (κ3) is 5.44. The Labute approximate surface area is 137 Å². The Morgan fingerprint density at radius 1 is 1.43 bits per heavy atom. The highest BCUT2D eigenvalue weighted by Gasteiger charge is 2.35. The van der Waals surface area contributed by atoms with E-state index < -0.39 is 12.1 Å². The summed E-state index contributed by atoms with van der Waals surface area (Å²) < 4.78 is 11.1. The molecule has 2 aliphatic rings. The van der Waals surface area contributed by atoms with Crippen molar-refractivity contribution in [2.75, 3.05) is 26.3 Å². The quantitative estimate of drug-likeness (QED) is 0.645. The zero-order valence-electron chi connectivity index (χ0n) is 14.0. The van der Waals surface area contributed by atoms with Gasteiger partial charge in [0.05, 0.1) is 19.3 Å². The molecule has 0 unspecified atom stereocenters. The predicted molar refractivity (Wildman–Crippen MR) is 84.2 cm³/mol. The summed E-state index contributed by atoms with van der Waals surface area (Å²) in [5.74, 6) is -0.914. The van der Waals surface area contributed by atoms with Gasteiger partial charge in [0.1, 0.15) is 6.10 Å². The first-order valence-corrected chi connectivity index (χ1v) is 8.49. The van der Waals surface area contributed by atoms with Crippen molar-refractivity contribution in [3.8, 4) is 0 Å². The van der Waals surface area contributed by atoms with Crippen molar-refractivity contribution < 1.29 is 24.2 Å². The second kappa shape index (κ2) is 8.61. The molecule has 1 saturated heterocycles. The van der Waals surface area contributed by atoms with Gasteiger partial charge in [-0.15, -0.1) is 0 Å². The minimum Gasteiger partial charge on any atom is -0.480 e. The number of nitrogens with zero attached hydrogens (tertiary/aromatic N) is 1. The largest absolute Gasteiger partial charge is 0.480 e. The van der Waals surface area contributed by atoms with Gasteiger partial charge in [0.15, 0.2) is 0 Å². The van der Waals surface area contributed by atoms with Crippen LogP contribution >= 0.6 is 0 Å². The van der Waals surface area contributed by atoms with Gasteiger partial charge in [-0.3, -0.25) is 14.5 Å². The maximum absolute atomic E-state index is 12.1. The Hall–Kier alpha value is -1.18. The van der Waals surface area contributed by atoms with Crippen molar-refractivity contribution in [3.05, 3.63) is 0 Å². The Morgan fingerprint density at radius 2 is 2.17 bits per heavy atom. The summed E-state index contributed by atoms with van der Waals surface area (Å²) in [4.78, 5) is 24.8. The Balaban J connectivity index is 1.63. The van der Waals surface area contributed by atoms with Gasteiger partial charge in [-0.05, 0) is 39.2 Å². The highest BCUT2D eigenvalue weighted by molar-refractivity contribution is 5.80. The van der Waals surface area contributed by atoms with E-state index in [2.05, 4.69) is 5.32 Å². The molecule has 1 amide bonds. The van der Waals surface area contributed by atoms with Crippen LogP contribution in [0.2, 0.25) is 0 Å². The SMILES string of the molecule is CCN(CC(=O)O)C1CC(NC(=O)[C@@H](C)OC[C@@H]2CCCO2)C1. The first-order valence-electron chi connectivity index (χ1n) is 8.49. The highest BCUT2D eigenvalue weighted by atomic mass is 16.5. The maximum Gasteiger partial charge on any atom is 0.317 e. The molecule has 1 aliphatic carbocycles. The van der Waals surface area contributed by atoms with Gasteiger partial charge in [0.2, 0.25) is 5.91 Å². The fourth-order valence-electron chi connectivity index (χ4n) is 3.10. The minimum atomic E-state index is -0.810. The third-order valence-corrected chi connectivity index (χ3v) is 4.65. The molecule has 2 rings (SSSR count). The van der Waals surface area contributed by atoms with E-state index in [1.54, 1.807) is 6.92 Å². The lowest BCUT2D eigenvalue weighted by molar-refractivity contribution is -0.140. The lowest BCUT2D eigenvalue weighted by Gasteiger charge is -2.42. The summed E-state index contributed by atoms with van der Waals surface area (Å²) >= 11 is 0. The molecule has 0 aromatic heterocycles. The zero-order valence-corrected chi connectivity index (χ0v) is 14.0. The van der Waals surface area contributed by atoms with Crippen LogP contribution in [0.25, 0.3) is 0 Å². The molecule has 2 atom stereocenters. The van der Waals surface area contributed by atoms with Crippen LogP contribution in [0.5, 0.6) is 0 Å². The Kier molecular flexibility index (Phi) is 6.80. The molecule has 2 fully saturated rings. The molecule has 0 bridgehead atoms. The minimum absolute atomic E-state index is 0.0583. The standard InChI is InChI=1S/C16H28N2O5/c1-3-18(9-15(19)20)13-7-12(8-13)17-16(21)11(2)23-10-14-5-4-6-22-14/h11-14H,3-10H2,1-2H3,(H,17,21)(H,19,20)/t11-,12?,13?,14+/m1/s1. The van der Waals surface area contributed by atoms with E-state index >= 15 is 0 Å². The van der Waals surface area contributed by atoms with E-state index in [-0.39, 0.29) is 30.6 Å². The lowest BCUT2D eigenvalue weighted by Crippen LogP contribution is -2.56. The van der Waals surface area contributed by atoms with Crippen molar-refractivity contribution in [2.45, 2.75) is 63.8 Å². The van der Waals surface area contributed by atoms with Gasteiger partial charge < -0.3 is 19.9 Å². The fraction of sp³-hybridized carbons (Fsp3) is 0.875. The number of ether oxygens (including phenoxy) is 2. The summed E-state index contributed by atoms with van der Waals surface area (Å²) in [6, 6.07) is 0.355. The molecule has 1 aliphatic heterocycles. The second-order valence-electron chi connectivity index (χ2n) is 6.40. The van der Waals surface area contributed by atoms with Crippen molar-refractivity contribution in [3.63, 3.8) is 0 Å². The van der Waals surface area contributed by atoms with Gasteiger partial charge in [0, 0.05) is 18.7 Å². The Bertz CT molecular complexity index is 405. The maximum atomic E-state index is 12.1. The molecule has 2 N–H and O–H groups in total. The van der Waals surface area contributed by atoms with Crippen molar-refractivity contribution in [1.29, 1.82) is 0 Å². The van der Waals surface area contributed by atoms with Gasteiger partial charge >= 0.3 is 5.97 Å². The summed E-state index contributed by atoms with van der Waals surface area (Å²) in [7, 11) is 0. The monoisotopic (exact) mass is 328 g/mol. The molecule has 0 spiro atoms. The molecular weight excluding hydrogens is 300 g/mol. The molecule has 23 heavy (non-hydrogen) atoms. The molecule has 1 saturated carbocycles. The molecule has 132 valence electrons. The summed E-state index contributed by atoms with van der Waals surface area (Å²) in [6.45, 7) is 5.72. The van der Waals surface area contributed by atoms with E-state index in [1.807, 2.05) is 11.8 Å². The third-order valence-electron chi connectivity index (χ3n) is 4.65. The number of carbonyl (C=O) groups excluding carboxylic acids is 1. The normalized spacial score (nSPS) is 28.4. The number of carboxylic acid groups (broad SMARTS) is 1. The van der Waals surface area contributed by atoms with Crippen LogP contribution in [0.1, 0.15) is 39.5 Å². The molecule has 7 nitrogen and oxygen atoms in total. The number of rotatable bonds is 9. The molecule has 0 radical (unpaired) electrons. The van der Waals surface area contributed by atoms with Crippen LogP contribution in [0.3, 0.4) is 0 Å². The average Bonchev–Trinajstić information content (AvgIpc) is 2.98. The van der Waals surface area contributed by atoms with Crippen LogP contribution in [0, 0.1) is 0 Å². The molecule has 0 aromatic carbocycles. The first kappa shape index (κ1) is 18.2. The van der Waals surface area contributed by atoms with E-state index in [9.17, 15) is 9.59 Å². The summed E-state index contributed by atoms with van der Waals surface area (Å²) in [6.07, 6.45) is 3.28. The molecule has 0 aromatic rings. The van der Waals surface area contributed by atoms with Gasteiger partial charge in [-0.1, -0.05) is 6.92 Å². The summed E-state index contributed by atoms with van der Waals surface area (Å²) in [5, 5.41) is 11.9. The number of amides is 1. The number of hydrogen-bond acceptors (Lipinski definition) is 5. The molecular formula is C16H28N2O5. The van der Waals surface area contributed by atoms with E-state index in [0.717, 1.165) is 32.3 Å². The van der Waals surface area contributed by atoms with Crippen LogP contribution in [-0.4, -0.2) is 72.5 Å². The van der Waals surface area contributed by atoms with Crippen molar-refractivity contribution in [2.24, 2.45) is 0 Å². The van der Waals surface area contributed by atoms with E-state index in [4.69, 9.17) is 14.6 Å². The van der Waals surface area contributed by atoms with Gasteiger partial charge in [-0.2, -0.15) is 0 Å². The van der Waals surface area contributed by atoms with Crippen molar-refractivity contribution in [1.82, 2.24) is 10.2 Å². The topological polar surface area (TPSA) is 88.1 Å². The second-order valence-corrected chi connectivity index (χ2v) is 6.40. The zero-order chi connectivity index (χ0) is 16.8. The first-order chi connectivity index (χ1) is 11.0. The van der Waals surface area contributed by atoms with E-state index in [0.29, 0.717) is 13.2 Å². The summed E-state index contributed by atoms with van der Waals surface area (Å²) in [5.41, 5.74) is 0. The molecule has 1 heterocycles. The van der Waals surface area contributed by atoms with Gasteiger partial charge in [-0.25, -0.2) is 0 Å². The average molecular weight is 328 g/mol. The number of aliphatic carboxylic acids is 1. The number of carboxylic acids is 1. The van der Waals surface area contributed by atoms with Crippen molar-refractivity contribution >= 4 is 11.9 Å². The van der Waals surface area contributed by atoms with E-state index in [1.165, 1.54) is 0 Å². The lowest BCUT2D eigenvalue weighted by atomic mass is 9.85. The van der Waals surface area contributed by atoms with Crippen LogP contribution in [-0.2, 0) is 19.1 Å². The highest BCUT2D eigenvalue weighted by Crippen LogP contribution is 2.25. The number of nitrogens with one attached hydrogen (secondary N) is 1.